The number of amides is 2. The van der Waals surface area contributed by atoms with Crippen LogP contribution in [0.15, 0.2) is 30.3 Å². The van der Waals surface area contributed by atoms with Gasteiger partial charge in [-0.1, -0.05) is 37.3 Å². The summed E-state index contributed by atoms with van der Waals surface area (Å²) in [5, 5.41) is 5.22. The van der Waals surface area contributed by atoms with Crippen LogP contribution in [-0.4, -0.2) is 57.0 Å². The van der Waals surface area contributed by atoms with Crippen molar-refractivity contribution in [1.82, 2.24) is 14.9 Å². The monoisotopic (exact) mass is 355 g/mol. The highest BCUT2D eigenvalue weighted by Gasteiger charge is 2.13. The Hall–Kier alpha value is -1.93. The van der Waals surface area contributed by atoms with Crippen LogP contribution in [0.3, 0.4) is 0 Å². The van der Waals surface area contributed by atoms with Gasteiger partial charge < -0.3 is 10.6 Å². The second-order valence-electron chi connectivity index (χ2n) is 5.40. The zero-order valence-corrected chi connectivity index (χ0v) is 14.9. The third kappa shape index (κ3) is 8.07. The molecule has 1 rings (SSSR count). The number of carbonyl (C=O) groups is 2. The van der Waals surface area contributed by atoms with Gasteiger partial charge in [-0.15, -0.1) is 0 Å². The van der Waals surface area contributed by atoms with Crippen molar-refractivity contribution in [3.8, 4) is 0 Å². The lowest BCUT2D eigenvalue weighted by Gasteiger charge is -2.17. The average molecular weight is 355 g/mol. The normalized spacial score (nSPS) is 11.3. The molecule has 0 saturated carbocycles. The van der Waals surface area contributed by atoms with E-state index in [0.29, 0.717) is 26.1 Å². The van der Waals surface area contributed by atoms with E-state index in [1.165, 1.54) is 4.31 Å². The number of sulfonamides is 1. The first-order valence-corrected chi connectivity index (χ1v) is 9.70. The maximum absolute atomic E-state index is 11.7. The van der Waals surface area contributed by atoms with Gasteiger partial charge in [-0.25, -0.2) is 12.7 Å². The Morgan fingerprint density at radius 3 is 2.33 bits per heavy atom. The predicted molar refractivity (Wildman–Crippen MR) is 92.9 cm³/mol. The molecule has 0 atom stereocenters. The highest BCUT2D eigenvalue weighted by molar-refractivity contribution is 7.88. The molecule has 1 aromatic rings. The van der Waals surface area contributed by atoms with Gasteiger partial charge in [0.05, 0.1) is 19.2 Å². The van der Waals surface area contributed by atoms with Gasteiger partial charge in [0.1, 0.15) is 0 Å². The zero-order chi connectivity index (χ0) is 18.0. The Morgan fingerprint density at radius 1 is 1.08 bits per heavy atom. The first-order valence-electron chi connectivity index (χ1n) is 7.85. The van der Waals surface area contributed by atoms with Crippen LogP contribution in [-0.2, 0) is 26.0 Å². The fraction of sp³-hybridized carbons (Fsp3) is 0.500. The molecule has 0 radical (unpaired) electrons. The van der Waals surface area contributed by atoms with Crippen LogP contribution < -0.4 is 10.6 Å². The van der Waals surface area contributed by atoms with Crippen LogP contribution in [0.4, 0.5) is 0 Å². The topological polar surface area (TPSA) is 95.6 Å². The van der Waals surface area contributed by atoms with Crippen molar-refractivity contribution >= 4 is 21.8 Å². The van der Waals surface area contributed by atoms with Crippen molar-refractivity contribution in [2.24, 2.45) is 0 Å². The Bertz CT molecular complexity index is 632. The molecule has 1 aromatic carbocycles. The van der Waals surface area contributed by atoms with Gasteiger partial charge >= 0.3 is 0 Å². The summed E-state index contributed by atoms with van der Waals surface area (Å²) in [5.74, 6) is -0.510. The second kappa shape index (κ2) is 10.0. The molecule has 0 heterocycles. The standard InChI is InChI=1S/C16H25N3O4S/c1-3-19(24(2,22)23)11-7-10-17-16(21)13-18-15(20)12-14-8-5-4-6-9-14/h4-6,8-9H,3,7,10-13H2,1-2H3,(H,17,21)(H,18,20). The van der Waals surface area contributed by atoms with Crippen LogP contribution in [0.1, 0.15) is 18.9 Å². The highest BCUT2D eigenvalue weighted by atomic mass is 32.2. The van der Waals surface area contributed by atoms with Crippen molar-refractivity contribution in [2.45, 2.75) is 19.8 Å². The maximum atomic E-state index is 11.7. The molecular weight excluding hydrogens is 330 g/mol. The van der Waals surface area contributed by atoms with E-state index in [0.717, 1.165) is 11.8 Å². The van der Waals surface area contributed by atoms with E-state index in [4.69, 9.17) is 0 Å². The molecular formula is C16H25N3O4S. The first-order chi connectivity index (χ1) is 11.3. The summed E-state index contributed by atoms with van der Waals surface area (Å²) in [6, 6.07) is 9.27. The van der Waals surface area contributed by atoms with Gasteiger partial charge in [0.25, 0.3) is 0 Å². The molecule has 0 aliphatic heterocycles. The van der Waals surface area contributed by atoms with E-state index in [9.17, 15) is 18.0 Å². The predicted octanol–water partition coefficient (Wildman–Crippen LogP) is 0.133. The fourth-order valence-corrected chi connectivity index (χ4v) is 3.06. The van der Waals surface area contributed by atoms with Crippen LogP contribution in [0.25, 0.3) is 0 Å². The van der Waals surface area contributed by atoms with E-state index in [2.05, 4.69) is 10.6 Å². The number of carbonyl (C=O) groups excluding carboxylic acids is 2. The second-order valence-corrected chi connectivity index (χ2v) is 7.38. The van der Waals surface area contributed by atoms with Gasteiger partial charge in [-0.3, -0.25) is 9.59 Å². The molecule has 0 aliphatic rings. The number of hydrogen-bond donors (Lipinski definition) is 2. The number of nitrogens with one attached hydrogen (secondary N) is 2. The first kappa shape index (κ1) is 20.1. The van der Waals surface area contributed by atoms with E-state index in [-0.39, 0.29) is 24.8 Å². The molecule has 8 heteroatoms. The molecule has 134 valence electrons. The van der Waals surface area contributed by atoms with Crippen LogP contribution in [0, 0.1) is 0 Å². The lowest BCUT2D eigenvalue weighted by Crippen LogP contribution is -2.39. The zero-order valence-electron chi connectivity index (χ0n) is 14.1. The quantitative estimate of drug-likeness (QED) is 0.583. The minimum absolute atomic E-state index is 0.0881. The van der Waals surface area contributed by atoms with Gasteiger partial charge in [-0.2, -0.15) is 0 Å². The van der Waals surface area contributed by atoms with Gasteiger partial charge in [0, 0.05) is 19.6 Å². The molecule has 24 heavy (non-hydrogen) atoms. The van der Waals surface area contributed by atoms with Crippen molar-refractivity contribution in [1.29, 1.82) is 0 Å². The fourth-order valence-electron chi connectivity index (χ4n) is 2.13. The van der Waals surface area contributed by atoms with Crippen molar-refractivity contribution < 1.29 is 18.0 Å². The molecule has 2 N–H and O–H groups in total. The average Bonchev–Trinajstić information content (AvgIpc) is 2.52. The summed E-state index contributed by atoms with van der Waals surface area (Å²) in [7, 11) is -3.20. The summed E-state index contributed by atoms with van der Waals surface area (Å²) >= 11 is 0. The summed E-state index contributed by atoms with van der Waals surface area (Å²) in [6.07, 6.45) is 1.91. The molecule has 7 nitrogen and oxygen atoms in total. The molecule has 0 unspecified atom stereocenters. The van der Waals surface area contributed by atoms with Gasteiger partial charge in [0.2, 0.25) is 21.8 Å². The molecule has 0 fully saturated rings. The Balaban J connectivity index is 2.19. The van der Waals surface area contributed by atoms with Crippen LogP contribution in [0.5, 0.6) is 0 Å². The third-order valence-corrected chi connectivity index (χ3v) is 4.76. The Kier molecular flexibility index (Phi) is 8.42. The largest absolute Gasteiger partial charge is 0.355 e. The van der Waals surface area contributed by atoms with E-state index in [1.807, 2.05) is 30.3 Å². The number of rotatable bonds is 10. The molecule has 0 aliphatic carbocycles. The highest BCUT2D eigenvalue weighted by Crippen LogP contribution is 1.99. The van der Waals surface area contributed by atoms with Crippen LogP contribution >= 0.6 is 0 Å². The van der Waals surface area contributed by atoms with Crippen molar-refractivity contribution in [2.75, 3.05) is 32.4 Å². The van der Waals surface area contributed by atoms with E-state index in [1.54, 1.807) is 6.92 Å². The summed E-state index contributed by atoms with van der Waals surface area (Å²) in [4.78, 5) is 23.4. The molecule has 0 bridgehead atoms. The minimum atomic E-state index is -3.20. The lowest BCUT2D eigenvalue weighted by molar-refractivity contribution is -0.125. The number of benzene rings is 1. The van der Waals surface area contributed by atoms with Crippen LogP contribution in [0.2, 0.25) is 0 Å². The minimum Gasteiger partial charge on any atom is -0.355 e. The summed E-state index contributed by atoms with van der Waals surface area (Å²) in [5.41, 5.74) is 0.885. The van der Waals surface area contributed by atoms with Crippen molar-refractivity contribution in [3.05, 3.63) is 35.9 Å². The van der Waals surface area contributed by atoms with E-state index < -0.39 is 10.0 Å². The Morgan fingerprint density at radius 2 is 1.75 bits per heavy atom. The SMILES string of the molecule is CCN(CCCNC(=O)CNC(=O)Cc1ccccc1)S(C)(=O)=O. The van der Waals surface area contributed by atoms with Gasteiger partial charge in [-0.05, 0) is 12.0 Å². The number of hydrogen-bond acceptors (Lipinski definition) is 4. The lowest BCUT2D eigenvalue weighted by atomic mass is 10.1. The molecule has 0 spiro atoms. The number of nitrogens with zero attached hydrogens (tertiary/aromatic N) is 1. The molecule has 0 aromatic heterocycles. The van der Waals surface area contributed by atoms with E-state index >= 15 is 0 Å². The smallest absolute Gasteiger partial charge is 0.239 e. The Labute approximate surface area is 143 Å². The van der Waals surface area contributed by atoms with Crippen molar-refractivity contribution in [3.63, 3.8) is 0 Å². The third-order valence-electron chi connectivity index (χ3n) is 3.38. The molecule has 0 saturated heterocycles. The maximum Gasteiger partial charge on any atom is 0.239 e. The van der Waals surface area contributed by atoms with Gasteiger partial charge in [0.15, 0.2) is 0 Å². The summed E-state index contributed by atoms with van der Waals surface area (Å²) in [6.45, 7) is 2.80. The molecule has 2 amide bonds. The summed E-state index contributed by atoms with van der Waals surface area (Å²) < 4.78 is 24.2.